The molecule has 0 aliphatic heterocycles. The van der Waals surface area contributed by atoms with Gasteiger partial charge in [-0.15, -0.1) is 0 Å². The van der Waals surface area contributed by atoms with Gasteiger partial charge >= 0.3 is 6.09 Å². The number of aromatic nitrogens is 1. The number of H-pyrrole nitrogens is 1. The molecule has 1 aliphatic carbocycles. The number of aryl methyl sites for hydroxylation is 2. The summed E-state index contributed by atoms with van der Waals surface area (Å²) in [6.07, 6.45) is 6.28. The molecule has 0 unspecified atom stereocenters. The van der Waals surface area contributed by atoms with E-state index in [2.05, 4.69) is 42.5 Å². The molecule has 1 aromatic heterocycles. The predicted octanol–water partition coefficient (Wildman–Crippen LogP) is 5.34. The van der Waals surface area contributed by atoms with Crippen LogP contribution in [0.15, 0.2) is 18.3 Å². The number of amides is 1. The molecule has 0 spiro atoms. The van der Waals surface area contributed by atoms with Crippen LogP contribution < -0.4 is 5.32 Å². The Morgan fingerprint density at radius 3 is 2.64 bits per heavy atom. The van der Waals surface area contributed by atoms with Crippen molar-refractivity contribution in [2.24, 2.45) is 0 Å². The number of rotatable bonds is 2. The Kier molecular flexibility index (Phi) is 4.81. The van der Waals surface area contributed by atoms with Gasteiger partial charge in [0.15, 0.2) is 0 Å². The van der Waals surface area contributed by atoms with Gasteiger partial charge in [-0.3, -0.25) is 0 Å². The largest absolute Gasteiger partial charge is 0.444 e. The number of hydrogen-bond acceptors (Lipinski definition) is 2. The zero-order valence-electron chi connectivity index (χ0n) is 16.0. The Hall–Kier alpha value is -1.97. The molecule has 1 aliphatic rings. The summed E-state index contributed by atoms with van der Waals surface area (Å²) in [5, 5.41) is 4.42. The van der Waals surface area contributed by atoms with Crippen LogP contribution in [0.2, 0.25) is 0 Å². The van der Waals surface area contributed by atoms with Gasteiger partial charge in [-0.2, -0.15) is 0 Å². The normalized spacial score (nSPS) is 21.3. The van der Waals surface area contributed by atoms with Crippen LogP contribution in [0.4, 0.5) is 4.79 Å². The minimum atomic E-state index is -0.469. The van der Waals surface area contributed by atoms with E-state index in [1.165, 1.54) is 34.0 Å². The maximum absolute atomic E-state index is 12.3. The van der Waals surface area contributed by atoms with Gasteiger partial charge in [0.2, 0.25) is 0 Å². The summed E-state index contributed by atoms with van der Waals surface area (Å²) in [6, 6.07) is 4.59. The number of alkyl carbamates (subject to hydrolysis) is 1. The number of fused-ring (bicyclic) bond motifs is 1. The van der Waals surface area contributed by atoms with Crippen LogP contribution in [-0.4, -0.2) is 22.7 Å². The number of nitrogens with one attached hydrogen (secondary N) is 2. The van der Waals surface area contributed by atoms with Crippen molar-refractivity contribution in [3.05, 3.63) is 35.0 Å². The monoisotopic (exact) mass is 342 g/mol. The van der Waals surface area contributed by atoms with Gasteiger partial charge in [0.05, 0.1) is 0 Å². The first-order chi connectivity index (χ1) is 11.7. The van der Waals surface area contributed by atoms with Crippen LogP contribution >= 0.6 is 0 Å². The third kappa shape index (κ3) is 4.00. The fourth-order valence-corrected chi connectivity index (χ4v) is 4.06. The zero-order valence-corrected chi connectivity index (χ0v) is 16.0. The molecule has 3 rings (SSSR count). The van der Waals surface area contributed by atoms with Crippen molar-refractivity contribution in [2.75, 3.05) is 0 Å². The lowest BCUT2D eigenvalue weighted by molar-refractivity contribution is 0.0485. The zero-order chi connectivity index (χ0) is 18.2. The first kappa shape index (κ1) is 17.8. The van der Waals surface area contributed by atoms with Gasteiger partial charge < -0.3 is 15.0 Å². The van der Waals surface area contributed by atoms with Crippen molar-refractivity contribution in [1.29, 1.82) is 0 Å². The minimum absolute atomic E-state index is 0.128. The second kappa shape index (κ2) is 6.74. The quantitative estimate of drug-likeness (QED) is 0.774. The van der Waals surface area contributed by atoms with Crippen molar-refractivity contribution in [1.82, 2.24) is 10.3 Å². The molecule has 0 saturated heterocycles. The van der Waals surface area contributed by atoms with E-state index in [4.69, 9.17) is 4.74 Å². The maximum atomic E-state index is 12.3. The molecule has 0 radical (unpaired) electrons. The molecule has 136 valence electrons. The van der Waals surface area contributed by atoms with Gasteiger partial charge in [-0.1, -0.05) is 24.5 Å². The van der Waals surface area contributed by atoms with Crippen LogP contribution in [0, 0.1) is 13.8 Å². The second-order valence-corrected chi connectivity index (χ2v) is 8.39. The first-order valence-corrected chi connectivity index (χ1v) is 9.32. The topological polar surface area (TPSA) is 54.1 Å². The van der Waals surface area contributed by atoms with Gasteiger partial charge in [-0.05, 0) is 64.7 Å². The predicted molar refractivity (Wildman–Crippen MR) is 102 cm³/mol. The third-order valence-electron chi connectivity index (χ3n) is 5.03. The average Bonchev–Trinajstić information content (AvgIpc) is 2.89. The molecular weight excluding hydrogens is 312 g/mol. The highest BCUT2D eigenvalue weighted by Crippen LogP contribution is 2.38. The molecule has 2 atom stereocenters. The molecule has 0 bridgehead atoms. The Balaban J connectivity index is 1.88. The Bertz CT molecular complexity index is 770. The van der Waals surface area contributed by atoms with Gasteiger partial charge in [0.25, 0.3) is 0 Å². The van der Waals surface area contributed by atoms with Gasteiger partial charge in [0.1, 0.15) is 5.60 Å². The SMILES string of the molecule is Cc1cc(C)c2[nH]cc([C@@H]3CCCC[C@H]3NC(=O)OC(C)(C)C)c2c1. The lowest BCUT2D eigenvalue weighted by Crippen LogP contribution is -2.43. The summed E-state index contributed by atoms with van der Waals surface area (Å²) in [6.45, 7) is 9.98. The van der Waals surface area contributed by atoms with Crippen molar-refractivity contribution < 1.29 is 9.53 Å². The van der Waals surface area contributed by atoms with Gasteiger partial charge in [-0.25, -0.2) is 4.79 Å². The number of aromatic amines is 1. The second-order valence-electron chi connectivity index (χ2n) is 8.39. The molecule has 1 aromatic carbocycles. The highest BCUT2D eigenvalue weighted by Gasteiger charge is 2.31. The van der Waals surface area contributed by atoms with Crippen molar-refractivity contribution >= 4 is 17.0 Å². The molecule has 1 heterocycles. The van der Waals surface area contributed by atoms with E-state index in [9.17, 15) is 4.79 Å². The number of carbonyl (C=O) groups excluding carboxylic acids is 1. The molecule has 2 aromatic rings. The van der Waals surface area contributed by atoms with Crippen molar-refractivity contribution in [3.63, 3.8) is 0 Å². The van der Waals surface area contributed by atoms with Crippen molar-refractivity contribution in [2.45, 2.75) is 77.9 Å². The fraction of sp³-hybridized carbons (Fsp3) is 0.571. The molecule has 1 amide bonds. The lowest BCUT2D eigenvalue weighted by atomic mass is 9.79. The smallest absolute Gasteiger partial charge is 0.407 e. The van der Waals surface area contributed by atoms with Crippen LogP contribution in [0.1, 0.15) is 69.1 Å². The van der Waals surface area contributed by atoms with E-state index in [1.54, 1.807) is 0 Å². The van der Waals surface area contributed by atoms with Crippen LogP contribution in [0.25, 0.3) is 10.9 Å². The fourth-order valence-electron chi connectivity index (χ4n) is 4.06. The Morgan fingerprint density at radius 2 is 1.92 bits per heavy atom. The first-order valence-electron chi connectivity index (χ1n) is 9.32. The van der Waals surface area contributed by atoms with E-state index in [-0.39, 0.29) is 12.1 Å². The van der Waals surface area contributed by atoms with E-state index < -0.39 is 5.60 Å². The van der Waals surface area contributed by atoms with Crippen LogP contribution in [0.5, 0.6) is 0 Å². The summed E-state index contributed by atoms with van der Waals surface area (Å²) in [4.78, 5) is 15.7. The average molecular weight is 342 g/mol. The number of hydrogen-bond donors (Lipinski definition) is 2. The van der Waals surface area contributed by atoms with E-state index in [1.807, 2.05) is 20.8 Å². The number of benzene rings is 1. The van der Waals surface area contributed by atoms with E-state index in [0.29, 0.717) is 5.92 Å². The Labute approximate surface area is 150 Å². The third-order valence-corrected chi connectivity index (χ3v) is 5.03. The summed E-state index contributed by atoms with van der Waals surface area (Å²) in [5.74, 6) is 0.330. The molecular formula is C21H30N2O2. The molecule has 4 nitrogen and oxygen atoms in total. The lowest BCUT2D eigenvalue weighted by Gasteiger charge is -2.33. The van der Waals surface area contributed by atoms with E-state index >= 15 is 0 Å². The Morgan fingerprint density at radius 1 is 1.20 bits per heavy atom. The molecule has 25 heavy (non-hydrogen) atoms. The van der Waals surface area contributed by atoms with Crippen LogP contribution in [0.3, 0.4) is 0 Å². The number of ether oxygens (including phenoxy) is 1. The number of carbonyl (C=O) groups is 1. The van der Waals surface area contributed by atoms with Gasteiger partial charge in [0, 0.05) is 29.1 Å². The maximum Gasteiger partial charge on any atom is 0.407 e. The highest BCUT2D eigenvalue weighted by molar-refractivity contribution is 5.87. The minimum Gasteiger partial charge on any atom is -0.444 e. The molecule has 1 saturated carbocycles. The molecule has 1 fully saturated rings. The van der Waals surface area contributed by atoms with Crippen LogP contribution in [-0.2, 0) is 4.74 Å². The van der Waals surface area contributed by atoms with E-state index in [0.717, 1.165) is 19.3 Å². The summed E-state index contributed by atoms with van der Waals surface area (Å²) >= 11 is 0. The molecule has 4 heteroatoms. The summed E-state index contributed by atoms with van der Waals surface area (Å²) < 4.78 is 5.47. The molecule has 2 N–H and O–H groups in total. The highest BCUT2D eigenvalue weighted by atomic mass is 16.6. The van der Waals surface area contributed by atoms with Crippen molar-refractivity contribution in [3.8, 4) is 0 Å². The summed E-state index contributed by atoms with van der Waals surface area (Å²) in [7, 11) is 0. The standard InChI is InChI=1S/C21H30N2O2/c1-13-10-14(2)19-16(11-13)17(12-22-19)15-8-6-7-9-18(15)23-20(24)25-21(3,4)5/h10-12,15,18,22H,6-9H2,1-5H3,(H,23,24)/t15-,18+/m0/s1. The summed E-state index contributed by atoms with van der Waals surface area (Å²) in [5.41, 5.74) is 4.61.